The predicted octanol–water partition coefficient (Wildman–Crippen LogP) is 0.834. The number of aromatic nitrogens is 3. The second-order valence-electron chi connectivity index (χ2n) is 3.77. The molecule has 1 aromatic rings. The summed E-state index contributed by atoms with van der Waals surface area (Å²) in [6, 6.07) is 0. The van der Waals surface area contributed by atoms with Crippen molar-refractivity contribution in [3.05, 3.63) is 5.82 Å². The lowest BCUT2D eigenvalue weighted by Gasteiger charge is -2.10. The highest BCUT2D eigenvalue weighted by Gasteiger charge is 2.09. The van der Waals surface area contributed by atoms with Gasteiger partial charge in [0.1, 0.15) is 5.82 Å². The normalized spacial score (nSPS) is 11.0. The Balaban J connectivity index is 2.70. The van der Waals surface area contributed by atoms with Crippen LogP contribution in [-0.2, 0) is 13.0 Å². The topological polar surface area (TPSA) is 46.0 Å². The fraction of sp³-hybridized carbons (Fsp3) is 0.800. The van der Waals surface area contributed by atoms with Gasteiger partial charge in [0.15, 0.2) is 0 Å². The van der Waals surface area contributed by atoms with Gasteiger partial charge in [-0.15, -0.1) is 10.2 Å². The highest BCUT2D eigenvalue weighted by atomic mass is 15.3. The van der Waals surface area contributed by atoms with Gasteiger partial charge in [-0.1, -0.05) is 0 Å². The SMILES string of the molecule is CCNc1nnc(CCN(C)C)n1CC. The van der Waals surface area contributed by atoms with E-state index in [-0.39, 0.29) is 0 Å². The Labute approximate surface area is 91.5 Å². The molecule has 5 nitrogen and oxygen atoms in total. The first-order chi connectivity index (χ1) is 7.19. The molecule has 1 aromatic heterocycles. The molecular weight excluding hydrogens is 190 g/mol. The van der Waals surface area contributed by atoms with Crippen molar-refractivity contribution in [3.8, 4) is 0 Å². The van der Waals surface area contributed by atoms with Gasteiger partial charge in [0.25, 0.3) is 0 Å². The Bertz CT molecular complexity index is 292. The maximum absolute atomic E-state index is 4.20. The fourth-order valence-electron chi connectivity index (χ4n) is 1.47. The third kappa shape index (κ3) is 3.20. The van der Waals surface area contributed by atoms with E-state index in [4.69, 9.17) is 0 Å². The molecule has 0 aromatic carbocycles. The molecule has 0 bridgehead atoms. The van der Waals surface area contributed by atoms with Gasteiger partial charge in [-0.25, -0.2) is 0 Å². The number of likely N-dealkylation sites (N-methyl/N-ethyl adjacent to an activating group) is 1. The summed E-state index contributed by atoms with van der Waals surface area (Å²) in [6.45, 7) is 6.98. The van der Waals surface area contributed by atoms with Crippen LogP contribution < -0.4 is 5.32 Å². The van der Waals surface area contributed by atoms with Gasteiger partial charge in [0.05, 0.1) is 0 Å². The minimum absolute atomic E-state index is 0.881. The van der Waals surface area contributed by atoms with Crippen molar-refractivity contribution in [2.75, 3.05) is 32.5 Å². The van der Waals surface area contributed by atoms with Crippen LogP contribution >= 0.6 is 0 Å². The van der Waals surface area contributed by atoms with Crippen molar-refractivity contribution >= 4 is 5.95 Å². The monoisotopic (exact) mass is 211 g/mol. The lowest BCUT2D eigenvalue weighted by Crippen LogP contribution is -2.17. The second kappa shape index (κ2) is 5.70. The molecule has 0 aliphatic carbocycles. The largest absolute Gasteiger partial charge is 0.355 e. The highest BCUT2D eigenvalue weighted by molar-refractivity contribution is 5.25. The standard InChI is InChI=1S/C10H21N5/c1-5-11-10-13-12-9(15(10)6-2)7-8-14(3)4/h5-8H2,1-4H3,(H,11,13). The van der Waals surface area contributed by atoms with Crippen LogP contribution in [0.5, 0.6) is 0 Å². The Kier molecular flexibility index (Phi) is 4.55. The van der Waals surface area contributed by atoms with Crippen LogP contribution in [-0.4, -0.2) is 46.8 Å². The van der Waals surface area contributed by atoms with E-state index in [1.165, 1.54) is 0 Å². The summed E-state index contributed by atoms with van der Waals surface area (Å²) >= 11 is 0. The molecule has 0 aliphatic heterocycles. The second-order valence-corrected chi connectivity index (χ2v) is 3.77. The number of nitrogens with one attached hydrogen (secondary N) is 1. The molecule has 15 heavy (non-hydrogen) atoms. The molecule has 0 saturated heterocycles. The highest BCUT2D eigenvalue weighted by Crippen LogP contribution is 2.07. The molecule has 0 unspecified atom stereocenters. The summed E-state index contributed by atoms with van der Waals surface area (Å²) < 4.78 is 2.13. The van der Waals surface area contributed by atoms with E-state index in [0.717, 1.165) is 37.8 Å². The van der Waals surface area contributed by atoms with Crippen LogP contribution in [0.15, 0.2) is 0 Å². The fourth-order valence-corrected chi connectivity index (χ4v) is 1.47. The number of hydrogen-bond donors (Lipinski definition) is 1. The molecule has 1 N–H and O–H groups in total. The third-order valence-electron chi connectivity index (χ3n) is 2.26. The molecule has 0 radical (unpaired) electrons. The average Bonchev–Trinajstić information content (AvgIpc) is 2.58. The molecule has 0 atom stereocenters. The number of rotatable bonds is 6. The minimum Gasteiger partial charge on any atom is -0.355 e. The summed E-state index contributed by atoms with van der Waals surface area (Å²) in [5.74, 6) is 1.94. The summed E-state index contributed by atoms with van der Waals surface area (Å²) in [5.41, 5.74) is 0. The summed E-state index contributed by atoms with van der Waals surface area (Å²) in [4.78, 5) is 2.15. The van der Waals surface area contributed by atoms with Crippen molar-refractivity contribution in [2.45, 2.75) is 26.8 Å². The average molecular weight is 211 g/mol. The first kappa shape index (κ1) is 12.0. The Hall–Kier alpha value is -1.10. The number of hydrogen-bond acceptors (Lipinski definition) is 4. The molecule has 1 rings (SSSR count). The van der Waals surface area contributed by atoms with Gasteiger partial charge in [-0.3, -0.25) is 4.57 Å². The molecule has 86 valence electrons. The molecule has 5 heteroatoms. The number of anilines is 1. The van der Waals surface area contributed by atoms with Gasteiger partial charge >= 0.3 is 0 Å². The molecule has 0 fully saturated rings. The molecule has 0 amide bonds. The Morgan fingerprint density at radius 2 is 2.00 bits per heavy atom. The van der Waals surface area contributed by atoms with E-state index >= 15 is 0 Å². The van der Waals surface area contributed by atoms with E-state index < -0.39 is 0 Å². The van der Waals surface area contributed by atoms with Crippen molar-refractivity contribution in [1.82, 2.24) is 19.7 Å². The first-order valence-corrected chi connectivity index (χ1v) is 5.49. The third-order valence-corrected chi connectivity index (χ3v) is 2.26. The Morgan fingerprint density at radius 1 is 1.27 bits per heavy atom. The van der Waals surface area contributed by atoms with Gasteiger partial charge in [0, 0.05) is 26.1 Å². The van der Waals surface area contributed by atoms with Crippen LogP contribution in [0.4, 0.5) is 5.95 Å². The van der Waals surface area contributed by atoms with Gasteiger partial charge in [-0.05, 0) is 27.9 Å². The molecule has 0 saturated carbocycles. The zero-order valence-corrected chi connectivity index (χ0v) is 10.1. The van der Waals surface area contributed by atoms with E-state index in [1.807, 2.05) is 0 Å². The Morgan fingerprint density at radius 3 is 2.53 bits per heavy atom. The lowest BCUT2D eigenvalue weighted by molar-refractivity contribution is 0.406. The number of nitrogens with zero attached hydrogens (tertiary/aromatic N) is 4. The molecular formula is C10H21N5. The van der Waals surface area contributed by atoms with E-state index in [0.29, 0.717) is 0 Å². The maximum Gasteiger partial charge on any atom is 0.224 e. The van der Waals surface area contributed by atoms with Gasteiger partial charge in [0.2, 0.25) is 5.95 Å². The lowest BCUT2D eigenvalue weighted by atomic mass is 10.4. The summed E-state index contributed by atoms with van der Waals surface area (Å²) in [7, 11) is 4.13. The van der Waals surface area contributed by atoms with Crippen molar-refractivity contribution < 1.29 is 0 Å². The molecule has 0 aliphatic rings. The van der Waals surface area contributed by atoms with E-state index in [9.17, 15) is 0 Å². The van der Waals surface area contributed by atoms with E-state index in [1.54, 1.807) is 0 Å². The summed E-state index contributed by atoms with van der Waals surface area (Å²) in [6.07, 6.45) is 0.944. The van der Waals surface area contributed by atoms with Crippen molar-refractivity contribution in [1.29, 1.82) is 0 Å². The smallest absolute Gasteiger partial charge is 0.224 e. The quantitative estimate of drug-likeness (QED) is 0.757. The van der Waals surface area contributed by atoms with Crippen LogP contribution in [0.1, 0.15) is 19.7 Å². The van der Waals surface area contributed by atoms with Crippen LogP contribution in [0.3, 0.4) is 0 Å². The zero-order valence-electron chi connectivity index (χ0n) is 10.1. The van der Waals surface area contributed by atoms with Crippen LogP contribution in [0, 0.1) is 0 Å². The maximum atomic E-state index is 4.20. The van der Waals surface area contributed by atoms with E-state index in [2.05, 4.69) is 52.9 Å². The predicted molar refractivity (Wildman–Crippen MR) is 62.1 cm³/mol. The van der Waals surface area contributed by atoms with Gasteiger partial charge in [-0.2, -0.15) is 0 Å². The molecule has 0 spiro atoms. The van der Waals surface area contributed by atoms with Crippen LogP contribution in [0.2, 0.25) is 0 Å². The van der Waals surface area contributed by atoms with Gasteiger partial charge < -0.3 is 10.2 Å². The summed E-state index contributed by atoms with van der Waals surface area (Å²) in [5, 5.41) is 11.6. The minimum atomic E-state index is 0.881. The first-order valence-electron chi connectivity index (χ1n) is 5.49. The van der Waals surface area contributed by atoms with Crippen molar-refractivity contribution in [3.63, 3.8) is 0 Å². The van der Waals surface area contributed by atoms with Crippen LogP contribution in [0.25, 0.3) is 0 Å². The zero-order chi connectivity index (χ0) is 11.3. The molecule has 1 heterocycles. The van der Waals surface area contributed by atoms with Crippen molar-refractivity contribution in [2.24, 2.45) is 0 Å².